The van der Waals surface area contributed by atoms with Crippen LogP contribution in [0.4, 0.5) is 5.69 Å². The van der Waals surface area contributed by atoms with Crippen LogP contribution in [-0.2, 0) is 6.42 Å². The average Bonchev–Trinajstić information content (AvgIpc) is 2.96. The third-order valence-corrected chi connectivity index (χ3v) is 4.69. The lowest BCUT2D eigenvalue weighted by atomic mass is 10.1. The predicted octanol–water partition coefficient (Wildman–Crippen LogP) is 3.94. The third kappa shape index (κ3) is 3.06. The molecule has 0 bridgehead atoms. The SMILES string of the molecule is CCc1cc(-c2n[nH]c(=S)n2-c2ccc(N(C)C)c(C)c2)c(O)cc1O. The van der Waals surface area contributed by atoms with Crippen LogP contribution in [0.25, 0.3) is 17.1 Å². The van der Waals surface area contributed by atoms with Crippen molar-refractivity contribution >= 4 is 17.9 Å². The summed E-state index contributed by atoms with van der Waals surface area (Å²) >= 11 is 5.42. The van der Waals surface area contributed by atoms with Crippen LogP contribution in [0.1, 0.15) is 18.1 Å². The maximum absolute atomic E-state index is 10.3. The summed E-state index contributed by atoms with van der Waals surface area (Å²) in [6, 6.07) is 9.11. The second-order valence-electron chi connectivity index (χ2n) is 6.40. The molecule has 3 N–H and O–H groups in total. The Morgan fingerprint density at radius 2 is 1.88 bits per heavy atom. The normalized spacial score (nSPS) is 10.9. The van der Waals surface area contributed by atoms with Crippen LogP contribution < -0.4 is 4.90 Å². The molecule has 6 nitrogen and oxygen atoms in total. The number of rotatable bonds is 4. The number of phenols is 2. The van der Waals surface area contributed by atoms with Gasteiger partial charge in [-0.25, -0.2) is 0 Å². The second-order valence-corrected chi connectivity index (χ2v) is 6.79. The van der Waals surface area contributed by atoms with Crippen molar-refractivity contribution in [2.75, 3.05) is 19.0 Å². The van der Waals surface area contributed by atoms with Crippen molar-refractivity contribution in [1.29, 1.82) is 0 Å². The predicted molar refractivity (Wildman–Crippen MR) is 106 cm³/mol. The number of hydrogen-bond donors (Lipinski definition) is 3. The Bertz CT molecular complexity index is 1020. The van der Waals surface area contributed by atoms with Gasteiger partial charge < -0.3 is 15.1 Å². The highest BCUT2D eigenvalue weighted by Crippen LogP contribution is 2.35. The van der Waals surface area contributed by atoms with Gasteiger partial charge in [-0.3, -0.25) is 9.67 Å². The van der Waals surface area contributed by atoms with E-state index < -0.39 is 0 Å². The maximum atomic E-state index is 10.3. The summed E-state index contributed by atoms with van der Waals surface area (Å²) in [6.45, 7) is 3.98. The lowest BCUT2D eigenvalue weighted by Gasteiger charge is -2.17. The standard InChI is InChI=1S/C19H22N4O2S/c1-5-12-9-14(17(25)10-16(12)24)18-20-21-19(26)23(18)13-6-7-15(22(3)4)11(2)8-13/h6-10,24-25H,5H2,1-4H3,(H,21,26). The second kappa shape index (κ2) is 6.84. The number of phenolic OH excluding ortho intramolecular Hbond substituents is 2. The molecule has 0 saturated carbocycles. The molecule has 1 aromatic heterocycles. The molecular weight excluding hydrogens is 348 g/mol. The zero-order valence-corrected chi connectivity index (χ0v) is 16.1. The van der Waals surface area contributed by atoms with E-state index in [1.165, 1.54) is 6.07 Å². The molecule has 0 fully saturated rings. The quantitative estimate of drug-likeness (QED) is 0.606. The zero-order valence-electron chi connectivity index (χ0n) is 15.2. The molecule has 0 unspecified atom stereocenters. The van der Waals surface area contributed by atoms with Gasteiger partial charge in [-0.05, 0) is 61.0 Å². The lowest BCUT2D eigenvalue weighted by molar-refractivity contribution is 0.447. The Morgan fingerprint density at radius 3 is 2.50 bits per heavy atom. The molecule has 2 aromatic carbocycles. The van der Waals surface area contributed by atoms with E-state index in [4.69, 9.17) is 12.2 Å². The molecule has 7 heteroatoms. The number of H-pyrrole nitrogens is 1. The fourth-order valence-electron chi connectivity index (χ4n) is 3.08. The van der Waals surface area contributed by atoms with Crippen LogP contribution in [0.3, 0.4) is 0 Å². The van der Waals surface area contributed by atoms with Crippen molar-refractivity contribution < 1.29 is 10.2 Å². The summed E-state index contributed by atoms with van der Waals surface area (Å²) in [4.78, 5) is 2.05. The minimum atomic E-state index is -0.0448. The first kappa shape index (κ1) is 18.0. The minimum Gasteiger partial charge on any atom is -0.508 e. The highest BCUT2D eigenvalue weighted by atomic mass is 32.1. The Morgan fingerprint density at radius 1 is 1.15 bits per heavy atom. The van der Waals surface area contributed by atoms with Gasteiger partial charge in [-0.15, -0.1) is 0 Å². The van der Waals surface area contributed by atoms with Crippen molar-refractivity contribution in [2.45, 2.75) is 20.3 Å². The van der Waals surface area contributed by atoms with E-state index in [0.29, 0.717) is 22.6 Å². The highest BCUT2D eigenvalue weighted by molar-refractivity contribution is 7.71. The summed E-state index contributed by atoms with van der Waals surface area (Å²) in [5.74, 6) is 0.524. The molecule has 0 spiro atoms. The van der Waals surface area contributed by atoms with Crippen molar-refractivity contribution in [2.24, 2.45) is 0 Å². The molecule has 0 amide bonds. The summed E-state index contributed by atoms with van der Waals surface area (Å²) in [5, 5.41) is 27.4. The number of aromatic amines is 1. The van der Waals surface area contributed by atoms with Crippen LogP contribution in [0, 0.1) is 11.7 Å². The van der Waals surface area contributed by atoms with Gasteiger partial charge >= 0.3 is 0 Å². The molecular formula is C19H22N4O2S. The number of aromatic hydroxyl groups is 2. The zero-order chi connectivity index (χ0) is 19.0. The fraction of sp³-hybridized carbons (Fsp3) is 0.263. The topological polar surface area (TPSA) is 77.3 Å². The van der Waals surface area contributed by atoms with Crippen LogP contribution in [0.2, 0.25) is 0 Å². The largest absolute Gasteiger partial charge is 0.508 e. The smallest absolute Gasteiger partial charge is 0.200 e. The fourth-order valence-corrected chi connectivity index (χ4v) is 3.32. The van der Waals surface area contributed by atoms with E-state index in [0.717, 1.165) is 22.5 Å². The summed E-state index contributed by atoms with van der Waals surface area (Å²) < 4.78 is 2.22. The summed E-state index contributed by atoms with van der Waals surface area (Å²) in [5.41, 5.74) is 4.32. The van der Waals surface area contributed by atoms with Gasteiger partial charge in [0.2, 0.25) is 0 Å². The Hall–Kier alpha value is -2.80. The van der Waals surface area contributed by atoms with Gasteiger partial charge in [0.05, 0.1) is 11.3 Å². The molecule has 0 atom stereocenters. The molecule has 3 aromatic rings. The van der Waals surface area contributed by atoms with Crippen LogP contribution in [0.5, 0.6) is 11.5 Å². The van der Waals surface area contributed by atoms with Gasteiger partial charge in [0.15, 0.2) is 10.6 Å². The summed E-state index contributed by atoms with van der Waals surface area (Å²) in [6.07, 6.45) is 0.640. The van der Waals surface area contributed by atoms with Gasteiger partial charge in [0.25, 0.3) is 0 Å². The molecule has 0 aliphatic heterocycles. The average molecular weight is 370 g/mol. The Balaban J connectivity index is 2.20. The van der Waals surface area contributed by atoms with E-state index in [1.54, 1.807) is 10.6 Å². The van der Waals surface area contributed by atoms with Crippen LogP contribution >= 0.6 is 12.2 Å². The Kier molecular flexibility index (Phi) is 4.73. The van der Waals surface area contributed by atoms with Crippen molar-refractivity contribution in [3.63, 3.8) is 0 Å². The van der Waals surface area contributed by atoms with Crippen molar-refractivity contribution in [1.82, 2.24) is 14.8 Å². The first-order valence-corrected chi connectivity index (χ1v) is 8.75. The molecule has 0 saturated heterocycles. The molecule has 0 aliphatic carbocycles. The Labute approximate surface area is 157 Å². The van der Waals surface area contributed by atoms with Crippen LogP contribution in [0.15, 0.2) is 30.3 Å². The molecule has 136 valence electrons. The number of aryl methyl sites for hydroxylation is 2. The van der Waals surface area contributed by atoms with Gasteiger partial charge in [-0.1, -0.05) is 6.92 Å². The highest BCUT2D eigenvalue weighted by Gasteiger charge is 2.17. The molecule has 0 radical (unpaired) electrons. The first-order valence-electron chi connectivity index (χ1n) is 8.34. The van der Waals surface area contributed by atoms with E-state index in [2.05, 4.69) is 10.2 Å². The molecule has 1 heterocycles. The monoisotopic (exact) mass is 370 g/mol. The lowest BCUT2D eigenvalue weighted by Crippen LogP contribution is -2.10. The number of hydrogen-bond acceptors (Lipinski definition) is 5. The summed E-state index contributed by atoms with van der Waals surface area (Å²) in [7, 11) is 4.00. The van der Waals surface area contributed by atoms with Gasteiger partial charge in [0, 0.05) is 25.8 Å². The molecule has 26 heavy (non-hydrogen) atoms. The molecule has 3 rings (SSSR count). The molecule has 0 aliphatic rings. The van der Waals surface area contributed by atoms with Crippen molar-refractivity contribution in [3.05, 3.63) is 46.2 Å². The number of nitrogens with zero attached hydrogens (tertiary/aromatic N) is 3. The number of aromatic nitrogens is 3. The van der Waals surface area contributed by atoms with E-state index >= 15 is 0 Å². The van der Waals surface area contributed by atoms with E-state index in [9.17, 15) is 10.2 Å². The van der Waals surface area contributed by atoms with Gasteiger partial charge in [-0.2, -0.15) is 5.10 Å². The van der Waals surface area contributed by atoms with E-state index in [-0.39, 0.29) is 11.5 Å². The van der Waals surface area contributed by atoms with Crippen LogP contribution in [-0.4, -0.2) is 39.1 Å². The number of anilines is 1. The third-order valence-electron chi connectivity index (χ3n) is 4.41. The first-order chi connectivity index (χ1) is 12.3. The van der Waals surface area contributed by atoms with E-state index in [1.807, 2.05) is 51.0 Å². The van der Waals surface area contributed by atoms with Gasteiger partial charge in [0.1, 0.15) is 11.5 Å². The number of nitrogens with one attached hydrogen (secondary N) is 1. The van der Waals surface area contributed by atoms with Crippen molar-refractivity contribution in [3.8, 4) is 28.6 Å². The minimum absolute atomic E-state index is 0.0448. The maximum Gasteiger partial charge on any atom is 0.200 e. The number of benzene rings is 2.